The van der Waals surface area contributed by atoms with Gasteiger partial charge in [0.05, 0.1) is 25.9 Å². The molecule has 0 radical (unpaired) electrons. The highest BCUT2D eigenvalue weighted by atomic mass is 16.6. The van der Waals surface area contributed by atoms with Gasteiger partial charge in [0.2, 0.25) is 0 Å². The minimum atomic E-state index is -0.989. The normalized spacial score (nSPS) is 15.3. The molecule has 1 amide bonds. The van der Waals surface area contributed by atoms with E-state index in [-0.39, 0.29) is 18.6 Å². The lowest BCUT2D eigenvalue weighted by atomic mass is 9.88. The van der Waals surface area contributed by atoms with Gasteiger partial charge in [-0.2, -0.15) is 0 Å². The summed E-state index contributed by atoms with van der Waals surface area (Å²) in [4.78, 5) is 24.2. The highest BCUT2D eigenvalue weighted by Gasteiger charge is 2.28. The molecule has 8 nitrogen and oxygen atoms in total. The number of benzene rings is 1. The van der Waals surface area contributed by atoms with Gasteiger partial charge in [-0.15, -0.1) is 0 Å². The Balaban J connectivity index is 2.78. The van der Waals surface area contributed by atoms with E-state index in [1.54, 1.807) is 27.7 Å². The number of carbonyl (C=O) groups excluding carboxylic acids is 2. The molecule has 0 saturated heterocycles. The molecule has 34 heavy (non-hydrogen) atoms. The highest BCUT2D eigenvalue weighted by molar-refractivity contribution is 5.81. The van der Waals surface area contributed by atoms with Crippen LogP contribution in [0, 0.1) is 11.8 Å². The average molecular weight is 482 g/mol. The summed E-state index contributed by atoms with van der Waals surface area (Å²) in [5.41, 5.74) is 0.452. The van der Waals surface area contributed by atoms with Gasteiger partial charge < -0.3 is 29.4 Å². The SMILES string of the molecule is COC(=O)[C@H](COCC[C@H](Cc1ccccc1)[C@@H](OCC(C)C)[C@H](C)O)NC(=O)OC(C)(C)C. The third-order valence-electron chi connectivity index (χ3n) is 5.00. The molecule has 0 aliphatic heterocycles. The Labute approximate surface area is 204 Å². The van der Waals surface area contributed by atoms with Crippen LogP contribution >= 0.6 is 0 Å². The fourth-order valence-electron chi connectivity index (χ4n) is 3.47. The first-order chi connectivity index (χ1) is 15.9. The Bertz CT molecular complexity index is 716. The average Bonchev–Trinajstić information content (AvgIpc) is 2.74. The molecule has 0 heterocycles. The quantitative estimate of drug-likeness (QED) is 0.308. The first kappa shape index (κ1) is 29.9. The van der Waals surface area contributed by atoms with E-state index < -0.39 is 29.8 Å². The number of amides is 1. The van der Waals surface area contributed by atoms with Gasteiger partial charge in [0.15, 0.2) is 6.04 Å². The number of aliphatic hydroxyl groups is 1. The van der Waals surface area contributed by atoms with E-state index in [1.807, 2.05) is 30.3 Å². The molecule has 0 aliphatic carbocycles. The van der Waals surface area contributed by atoms with Gasteiger partial charge in [-0.25, -0.2) is 9.59 Å². The van der Waals surface area contributed by atoms with E-state index in [4.69, 9.17) is 18.9 Å². The van der Waals surface area contributed by atoms with Crippen molar-refractivity contribution in [2.45, 2.75) is 78.2 Å². The minimum absolute atomic E-state index is 0.00320. The molecule has 0 aromatic heterocycles. The number of ether oxygens (including phenoxy) is 4. The van der Waals surface area contributed by atoms with Gasteiger partial charge in [0.1, 0.15) is 5.60 Å². The van der Waals surface area contributed by atoms with Crippen molar-refractivity contribution in [3.63, 3.8) is 0 Å². The number of hydrogen-bond donors (Lipinski definition) is 2. The number of alkyl carbamates (subject to hydrolysis) is 1. The number of rotatable bonds is 14. The Morgan fingerprint density at radius 3 is 2.24 bits per heavy atom. The molecule has 0 saturated carbocycles. The number of hydrogen-bond acceptors (Lipinski definition) is 7. The summed E-state index contributed by atoms with van der Waals surface area (Å²) >= 11 is 0. The Morgan fingerprint density at radius 2 is 1.71 bits per heavy atom. The third kappa shape index (κ3) is 12.3. The van der Waals surface area contributed by atoms with Crippen molar-refractivity contribution in [3.05, 3.63) is 35.9 Å². The van der Waals surface area contributed by atoms with Gasteiger partial charge in [0.25, 0.3) is 0 Å². The van der Waals surface area contributed by atoms with E-state index in [1.165, 1.54) is 7.11 Å². The van der Waals surface area contributed by atoms with E-state index in [0.717, 1.165) is 5.56 Å². The van der Waals surface area contributed by atoms with Gasteiger partial charge in [-0.1, -0.05) is 44.2 Å². The van der Waals surface area contributed by atoms with Crippen LogP contribution < -0.4 is 5.32 Å². The highest BCUT2D eigenvalue weighted by Crippen LogP contribution is 2.22. The summed E-state index contributed by atoms with van der Waals surface area (Å²) in [5.74, 6) is -0.278. The number of carbonyl (C=O) groups is 2. The zero-order valence-corrected chi connectivity index (χ0v) is 21.7. The summed E-state index contributed by atoms with van der Waals surface area (Å²) in [6, 6.07) is 9.04. The zero-order chi connectivity index (χ0) is 25.7. The monoisotopic (exact) mass is 481 g/mol. The van der Waals surface area contributed by atoms with Crippen LogP contribution in [0.1, 0.15) is 53.5 Å². The number of methoxy groups -OCH3 is 1. The molecule has 4 atom stereocenters. The minimum Gasteiger partial charge on any atom is -0.467 e. The molecule has 0 spiro atoms. The molecule has 1 rings (SSSR count). The van der Waals surface area contributed by atoms with Crippen molar-refractivity contribution in [3.8, 4) is 0 Å². The van der Waals surface area contributed by atoms with Crippen LogP contribution in [-0.2, 0) is 30.2 Å². The number of aliphatic hydroxyl groups excluding tert-OH is 1. The lowest BCUT2D eigenvalue weighted by Crippen LogP contribution is -2.46. The molecule has 0 unspecified atom stereocenters. The topological polar surface area (TPSA) is 103 Å². The van der Waals surface area contributed by atoms with Crippen molar-refractivity contribution < 1.29 is 33.6 Å². The summed E-state index contributed by atoms with van der Waals surface area (Å²) in [6.45, 7) is 11.9. The molecule has 2 N–H and O–H groups in total. The standard InChI is InChI=1S/C26H43NO7/c1-18(2)16-33-23(19(3)28)21(15-20-11-9-8-10-12-20)13-14-32-17-22(24(29)31-7)27-25(30)34-26(4,5)6/h8-12,18-19,21-23,28H,13-17H2,1-7H3,(H,27,30)/t19-,21+,22-,23-/m0/s1. The van der Waals surface area contributed by atoms with Crippen molar-refractivity contribution in [1.29, 1.82) is 0 Å². The van der Waals surface area contributed by atoms with Crippen LogP contribution in [0.4, 0.5) is 4.79 Å². The first-order valence-electron chi connectivity index (χ1n) is 11.9. The molecule has 8 heteroatoms. The Morgan fingerprint density at radius 1 is 1.06 bits per heavy atom. The summed E-state index contributed by atoms with van der Waals surface area (Å²) in [5, 5.41) is 12.9. The molecule has 1 aromatic carbocycles. The maximum absolute atomic E-state index is 12.1. The molecule has 0 bridgehead atoms. The molecular weight excluding hydrogens is 438 g/mol. The smallest absolute Gasteiger partial charge is 0.408 e. The first-order valence-corrected chi connectivity index (χ1v) is 11.9. The van der Waals surface area contributed by atoms with Crippen molar-refractivity contribution in [1.82, 2.24) is 5.32 Å². The van der Waals surface area contributed by atoms with Crippen LogP contribution in [0.15, 0.2) is 30.3 Å². The summed E-state index contributed by atoms with van der Waals surface area (Å²) in [6.07, 6.45) is -0.409. The Kier molecular flexibility index (Phi) is 13.1. The molecular formula is C26H43NO7. The Hall–Kier alpha value is -2.16. The summed E-state index contributed by atoms with van der Waals surface area (Å²) in [7, 11) is 1.25. The summed E-state index contributed by atoms with van der Waals surface area (Å²) < 4.78 is 21.8. The number of nitrogens with one attached hydrogen (secondary N) is 1. The van der Waals surface area contributed by atoms with Crippen LogP contribution in [0.5, 0.6) is 0 Å². The van der Waals surface area contributed by atoms with E-state index in [0.29, 0.717) is 32.0 Å². The van der Waals surface area contributed by atoms with Gasteiger partial charge in [0, 0.05) is 13.2 Å². The van der Waals surface area contributed by atoms with Crippen molar-refractivity contribution >= 4 is 12.1 Å². The third-order valence-corrected chi connectivity index (χ3v) is 5.00. The number of esters is 1. The lowest BCUT2D eigenvalue weighted by Gasteiger charge is -2.30. The van der Waals surface area contributed by atoms with E-state index in [9.17, 15) is 14.7 Å². The van der Waals surface area contributed by atoms with Crippen LogP contribution in [-0.4, -0.2) is 68.0 Å². The van der Waals surface area contributed by atoms with E-state index in [2.05, 4.69) is 19.2 Å². The maximum atomic E-state index is 12.1. The van der Waals surface area contributed by atoms with E-state index >= 15 is 0 Å². The zero-order valence-electron chi connectivity index (χ0n) is 21.7. The second kappa shape index (κ2) is 15.0. The molecule has 1 aromatic rings. The maximum Gasteiger partial charge on any atom is 0.408 e. The second-order valence-corrected chi connectivity index (χ2v) is 9.97. The van der Waals surface area contributed by atoms with Gasteiger partial charge in [-0.3, -0.25) is 0 Å². The predicted molar refractivity (Wildman–Crippen MR) is 131 cm³/mol. The van der Waals surface area contributed by atoms with Crippen LogP contribution in [0.25, 0.3) is 0 Å². The molecule has 0 fully saturated rings. The fraction of sp³-hybridized carbons (Fsp3) is 0.692. The molecule has 194 valence electrons. The van der Waals surface area contributed by atoms with Gasteiger partial charge in [-0.05, 0) is 57.9 Å². The largest absolute Gasteiger partial charge is 0.467 e. The predicted octanol–water partition coefficient (Wildman–Crippen LogP) is 3.74. The fourth-order valence-corrected chi connectivity index (χ4v) is 3.47. The van der Waals surface area contributed by atoms with Crippen molar-refractivity contribution in [2.24, 2.45) is 11.8 Å². The van der Waals surface area contributed by atoms with Gasteiger partial charge >= 0.3 is 12.1 Å². The van der Waals surface area contributed by atoms with Crippen LogP contribution in [0.3, 0.4) is 0 Å². The van der Waals surface area contributed by atoms with Crippen molar-refractivity contribution in [2.75, 3.05) is 26.9 Å². The molecule has 0 aliphatic rings. The lowest BCUT2D eigenvalue weighted by molar-refractivity contribution is -0.144. The second-order valence-electron chi connectivity index (χ2n) is 9.97. The van der Waals surface area contributed by atoms with Crippen LogP contribution in [0.2, 0.25) is 0 Å².